The van der Waals surface area contributed by atoms with Gasteiger partial charge in [-0.2, -0.15) is 0 Å². The van der Waals surface area contributed by atoms with Crippen molar-refractivity contribution in [2.24, 2.45) is 11.3 Å². The number of aliphatic hydroxyl groups is 1. The first-order valence-corrected chi connectivity index (χ1v) is 25.5. The van der Waals surface area contributed by atoms with Crippen molar-refractivity contribution >= 4 is 38.1 Å². The SMILES string of the molecule is CC[Si](CC)(CC)O[C@@H](C(=O)OC1C[C@@H](OC(=O)c2ccccc2)[C@@H]2[C@]3(OC(C)=O)CO[C@@H]3C[C@H](OC)[C@@]2(C)C(=O)[C@H](OC)C(C(C)(C)O)=C1C)[C@@H](NC(=O)OC(C)(C)C)c1ccccc1. The van der Waals surface area contributed by atoms with E-state index in [9.17, 15) is 19.5 Å². The van der Waals surface area contributed by atoms with Gasteiger partial charge in [-0.05, 0) is 95.4 Å². The molecule has 1 unspecified atom stereocenters. The summed E-state index contributed by atoms with van der Waals surface area (Å²) >= 11 is 0. The van der Waals surface area contributed by atoms with Gasteiger partial charge >= 0.3 is 24.0 Å². The molecule has 16 heteroatoms. The third-order valence-electron chi connectivity index (χ3n) is 13.8. The molecule has 1 saturated carbocycles. The van der Waals surface area contributed by atoms with Gasteiger partial charge in [-0.15, -0.1) is 0 Å². The van der Waals surface area contributed by atoms with Crippen molar-refractivity contribution in [3.05, 3.63) is 82.9 Å². The third-order valence-corrected chi connectivity index (χ3v) is 18.4. The Morgan fingerprint density at radius 2 is 1.48 bits per heavy atom. The molecule has 1 aliphatic heterocycles. The number of hydrogen-bond acceptors (Lipinski definition) is 14. The molecule has 15 nitrogen and oxygen atoms in total. The quantitative estimate of drug-likeness (QED) is 0.0724. The summed E-state index contributed by atoms with van der Waals surface area (Å²) in [5, 5.41) is 15.0. The summed E-state index contributed by atoms with van der Waals surface area (Å²) in [7, 11) is 0.0779. The summed E-state index contributed by atoms with van der Waals surface area (Å²) in [5.41, 5.74) is -4.73. The molecule has 2 aromatic rings. The van der Waals surface area contributed by atoms with Crippen LogP contribution in [-0.4, -0.2) is 117 Å². The van der Waals surface area contributed by atoms with E-state index in [1.54, 1.807) is 89.2 Å². The number of fused-ring (bicyclic) bond motifs is 3. The molecule has 2 N–H and O–H groups in total. The van der Waals surface area contributed by atoms with E-state index in [4.69, 9.17) is 37.6 Å². The van der Waals surface area contributed by atoms with Crippen molar-refractivity contribution in [1.29, 1.82) is 0 Å². The minimum atomic E-state index is -2.72. The van der Waals surface area contributed by atoms with Crippen LogP contribution in [0.5, 0.6) is 0 Å². The molecule has 2 aromatic carbocycles. The topological polar surface area (TPSA) is 191 Å². The number of amides is 1. The van der Waals surface area contributed by atoms with Crippen LogP contribution in [0.4, 0.5) is 4.79 Å². The Hall–Kier alpha value is -4.45. The standard InChI is InChI=1S/C50H71NO14Si/c1-14-66(15-2,16-3)65-41(39(32-23-19-17-20-24-32)51-46(56)64-47(6,7)8)45(55)61-34-27-35(62-44(54)33-25-21-18-22-26-33)42-49(11,43(53)40(59-13)38(30(34)4)48(9,10)57)36(58-12)28-37-50(42,29-60-37)63-31(5)52/h17-26,34-37,39-42,57H,14-16,27-29H2,1-13H3,(H,51,56)/t34?,35-,36+,37-,39+,40-,41-,42+,49-,50+/m1/s1. The van der Waals surface area contributed by atoms with Crippen LogP contribution in [-0.2, 0) is 52.0 Å². The van der Waals surface area contributed by atoms with E-state index >= 15 is 9.59 Å². The zero-order valence-corrected chi connectivity index (χ0v) is 41.9. The van der Waals surface area contributed by atoms with E-state index in [0.717, 1.165) is 0 Å². The van der Waals surface area contributed by atoms with Gasteiger partial charge in [0.1, 0.15) is 30.0 Å². The number of benzene rings is 2. The normalized spacial score (nSPS) is 27.9. The lowest BCUT2D eigenvalue weighted by molar-refractivity contribution is -0.332. The Bertz CT molecular complexity index is 2070. The van der Waals surface area contributed by atoms with Gasteiger partial charge in [0.2, 0.25) is 0 Å². The highest BCUT2D eigenvalue weighted by atomic mass is 28.4. The molecule has 3 aliphatic rings. The third kappa shape index (κ3) is 10.8. The number of rotatable bonds is 16. The Balaban J connectivity index is 1.80. The summed E-state index contributed by atoms with van der Waals surface area (Å²) in [6.07, 6.45) is -8.26. The van der Waals surface area contributed by atoms with Crippen molar-refractivity contribution in [2.45, 2.75) is 167 Å². The van der Waals surface area contributed by atoms with Crippen LogP contribution in [0, 0.1) is 11.3 Å². The second-order valence-corrected chi connectivity index (χ2v) is 24.2. The fourth-order valence-corrected chi connectivity index (χ4v) is 13.2. The van der Waals surface area contributed by atoms with Gasteiger partial charge in [-0.25, -0.2) is 14.4 Å². The average Bonchev–Trinajstić information content (AvgIpc) is 3.28. The minimum absolute atomic E-state index is 0.106. The summed E-state index contributed by atoms with van der Waals surface area (Å²) in [5.74, 6) is -4.00. The smallest absolute Gasteiger partial charge is 0.408 e. The molecular weight excluding hydrogens is 867 g/mol. The molecule has 66 heavy (non-hydrogen) atoms. The Morgan fingerprint density at radius 1 is 0.894 bits per heavy atom. The molecule has 2 fully saturated rings. The van der Waals surface area contributed by atoms with Crippen molar-refractivity contribution in [3.63, 3.8) is 0 Å². The predicted octanol–water partition coefficient (Wildman–Crippen LogP) is 7.60. The Morgan fingerprint density at radius 3 is 1.97 bits per heavy atom. The predicted molar refractivity (Wildman–Crippen MR) is 247 cm³/mol. The first-order chi connectivity index (χ1) is 30.9. The van der Waals surface area contributed by atoms with Crippen LogP contribution in [0.15, 0.2) is 71.8 Å². The van der Waals surface area contributed by atoms with Crippen molar-refractivity contribution < 1.29 is 66.7 Å². The molecule has 0 spiro atoms. The number of Topliss-reactive ketones (excluding diaryl/α,β-unsaturated/α-hetero) is 1. The fraction of sp³-hybridized carbons (Fsp3) is 0.620. The molecular formula is C50H71NO14Si. The van der Waals surface area contributed by atoms with Crippen LogP contribution in [0.25, 0.3) is 0 Å². The zero-order valence-electron chi connectivity index (χ0n) is 40.9. The van der Waals surface area contributed by atoms with Gasteiger partial charge < -0.3 is 48.0 Å². The number of carbonyl (C=O) groups is 5. The number of alkyl carbamates (subject to hydrolysis) is 1. The summed E-state index contributed by atoms with van der Waals surface area (Å²) in [6.45, 7) is 18.7. The number of ether oxygens (including phenoxy) is 7. The van der Waals surface area contributed by atoms with Crippen molar-refractivity contribution in [3.8, 4) is 0 Å². The van der Waals surface area contributed by atoms with Crippen LogP contribution in [0.3, 0.4) is 0 Å². The second kappa shape index (κ2) is 20.8. The monoisotopic (exact) mass is 937 g/mol. The van der Waals surface area contributed by atoms with Gasteiger partial charge in [0.25, 0.3) is 0 Å². The molecule has 2 aliphatic carbocycles. The molecule has 5 rings (SSSR count). The highest BCUT2D eigenvalue weighted by Gasteiger charge is 2.73. The summed E-state index contributed by atoms with van der Waals surface area (Å²) in [6, 6.07) is 18.0. The number of ketones is 1. The molecule has 364 valence electrons. The lowest BCUT2D eigenvalue weighted by Crippen LogP contribution is -2.77. The fourth-order valence-electron chi connectivity index (χ4n) is 10.4. The van der Waals surface area contributed by atoms with Crippen LogP contribution >= 0.6 is 0 Å². The van der Waals surface area contributed by atoms with Gasteiger partial charge in [0, 0.05) is 34.0 Å². The molecule has 1 saturated heterocycles. The van der Waals surface area contributed by atoms with E-state index < -0.39 is 109 Å². The first-order valence-electron chi connectivity index (χ1n) is 23.0. The Labute approximate surface area is 390 Å². The number of nitrogens with one attached hydrogen (secondary N) is 1. The van der Waals surface area contributed by atoms with Crippen molar-refractivity contribution in [2.75, 3.05) is 20.8 Å². The minimum Gasteiger partial charge on any atom is -0.458 e. The van der Waals surface area contributed by atoms with E-state index in [-0.39, 0.29) is 36.2 Å². The van der Waals surface area contributed by atoms with Gasteiger partial charge in [0.05, 0.1) is 41.3 Å². The average molecular weight is 938 g/mol. The van der Waals surface area contributed by atoms with Crippen LogP contribution in [0.1, 0.15) is 111 Å². The van der Waals surface area contributed by atoms with E-state index in [1.165, 1.54) is 35.0 Å². The van der Waals surface area contributed by atoms with E-state index in [0.29, 0.717) is 23.7 Å². The second-order valence-electron chi connectivity index (χ2n) is 19.5. The molecule has 1 amide bonds. The molecule has 1 heterocycles. The zero-order chi connectivity index (χ0) is 49.0. The molecule has 0 aromatic heterocycles. The largest absolute Gasteiger partial charge is 0.458 e. The van der Waals surface area contributed by atoms with Gasteiger partial charge in [-0.3, -0.25) is 9.59 Å². The lowest BCUT2D eigenvalue weighted by Gasteiger charge is -2.63. The first kappa shape index (κ1) is 52.5. The number of methoxy groups -OCH3 is 2. The van der Waals surface area contributed by atoms with Gasteiger partial charge in [0.15, 0.2) is 25.8 Å². The van der Waals surface area contributed by atoms with Crippen LogP contribution < -0.4 is 5.32 Å². The number of esters is 3. The van der Waals surface area contributed by atoms with Crippen LogP contribution in [0.2, 0.25) is 18.1 Å². The highest BCUT2D eigenvalue weighted by molar-refractivity contribution is 6.73. The lowest BCUT2D eigenvalue weighted by atomic mass is 9.51. The highest BCUT2D eigenvalue weighted by Crippen LogP contribution is 2.59. The Kier molecular flexibility index (Phi) is 16.6. The van der Waals surface area contributed by atoms with E-state index in [1.807, 2.05) is 26.8 Å². The number of hydrogen-bond donors (Lipinski definition) is 2. The maximum Gasteiger partial charge on any atom is 0.408 e. The van der Waals surface area contributed by atoms with Gasteiger partial charge in [-0.1, -0.05) is 69.3 Å². The molecule has 0 bridgehead atoms. The molecule has 0 radical (unpaired) electrons. The maximum atomic E-state index is 15.7. The molecule has 10 atom stereocenters. The summed E-state index contributed by atoms with van der Waals surface area (Å²) < 4.78 is 50.6. The van der Waals surface area contributed by atoms with E-state index in [2.05, 4.69) is 5.32 Å². The maximum absolute atomic E-state index is 15.7. The van der Waals surface area contributed by atoms with Crippen molar-refractivity contribution in [1.82, 2.24) is 5.32 Å². The number of carbonyl (C=O) groups excluding carboxylic acids is 5. The summed E-state index contributed by atoms with van der Waals surface area (Å²) in [4.78, 5) is 72.5.